The Balaban J connectivity index is 2.00. The van der Waals surface area contributed by atoms with Crippen LogP contribution < -0.4 is 15.8 Å². The molecule has 3 rings (SSSR count). The number of halogens is 3. The SMILES string of the molecule is CCC(CO)NC(=O)c1cc2cc(N)ccc2n1Cc1cccc(OC(F)(F)F)c1. The summed E-state index contributed by atoms with van der Waals surface area (Å²) in [6.07, 6.45) is -4.24. The zero-order valence-corrected chi connectivity index (χ0v) is 16.2. The molecular formula is C21H22F3N3O3. The highest BCUT2D eigenvalue weighted by molar-refractivity contribution is 5.99. The molecule has 9 heteroatoms. The highest BCUT2D eigenvalue weighted by atomic mass is 19.4. The van der Waals surface area contributed by atoms with Crippen LogP contribution in [0.3, 0.4) is 0 Å². The summed E-state index contributed by atoms with van der Waals surface area (Å²) in [6, 6.07) is 12.0. The lowest BCUT2D eigenvalue weighted by Crippen LogP contribution is -2.37. The molecule has 1 unspecified atom stereocenters. The number of nitrogens with two attached hydrogens (primary N) is 1. The van der Waals surface area contributed by atoms with E-state index in [0.29, 0.717) is 28.9 Å². The van der Waals surface area contributed by atoms with Crippen molar-refractivity contribution in [1.82, 2.24) is 9.88 Å². The van der Waals surface area contributed by atoms with E-state index in [1.165, 1.54) is 18.2 Å². The lowest BCUT2D eigenvalue weighted by atomic mass is 10.2. The number of hydrogen-bond donors (Lipinski definition) is 3. The second-order valence-electron chi connectivity index (χ2n) is 6.89. The molecule has 30 heavy (non-hydrogen) atoms. The van der Waals surface area contributed by atoms with E-state index >= 15 is 0 Å². The Morgan fingerprint density at radius 2 is 2.00 bits per heavy atom. The zero-order valence-electron chi connectivity index (χ0n) is 16.2. The van der Waals surface area contributed by atoms with Crippen molar-refractivity contribution in [3.63, 3.8) is 0 Å². The Morgan fingerprint density at radius 3 is 2.67 bits per heavy atom. The molecule has 1 amide bonds. The molecule has 0 spiro atoms. The second kappa shape index (κ2) is 8.66. The van der Waals surface area contributed by atoms with Gasteiger partial charge in [0.2, 0.25) is 0 Å². The van der Waals surface area contributed by atoms with Crippen molar-refractivity contribution in [1.29, 1.82) is 0 Å². The van der Waals surface area contributed by atoms with Gasteiger partial charge in [-0.3, -0.25) is 4.79 Å². The number of rotatable bonds is 7. The van der Waals surface area contributed by atoms with Gasteiger partial charge in [0.25, 0.3) is 5.91 Å². The quantitative estimate of drug-likeness (QED) is 0.508. The largest absolute Gasteiger partial charge is 0.573 e. The number of aliphatic hydroxyl groups excluding tert-OH is 1. The Labute approximate surface area is 171 Å². The summed E-state index contributed by atoms with van der Waals surface area (Å²) < 4.78 is 43.3. The summed E-state index contributed by atoms with van der Waals surface area (Å²) in [6.45, 7) is 1.77. The summed E-state index contributed by atoms with van der Waals surface area (Å²) in [5.74, 6) is -0.730. The van der Waals surface area contributed by atoms with Gasteiger partial charge in [-0.1, -0.05) is 19.1 Å². The second-order valence-corrected chi connectivity index (χ2v) is 6.89. The maximum absolute atomic E-state index is 12.8. The number of nitrogen functional groups attached to an aromatic ring is 1. The highest BCUT2D eigenvalue weighted by Crippen LogP contribution is 2.27. The van der Waals surface area contributed by atoms with Gasteiger partial charge in [0.15, 0.2) is 0 Å². The van der Waals surface area contributed by atoms with Gasteiger partial charge in [-0.2, -0.15) is 0 Å². The van der Waals surface area contributed by atoms with E-state index in [4.69, 9.17) is 5.73 Å². The number of alkyl halides is 3. The lowest BCUT2D eigenvalue weighted by Gasteiger charge is -2.16. The Bertz CT molecular complexity index is 1040. The standard InChI is InChI=1S/C21H22F3N3O3/c1-2-16(12-28)26-20(29)19-10-14-9-15(25)6-7-18(14)27(19)11-13-4-3-5-17(8-13)30-21(22,23)24/h3-10,16,28H,2,11-12,25H2,1H3,(H,26,29). The first kappa shape index (κ1) is 21.5. The van der Waals surface area contributed by atoms with Crippen LogP contribution in [0.4, 0.5) is 18.9 Å². The van der Waals surface area contributed by atoms with Crippen molar-refractivity contribution >= 4 is 22.5 Å². The van der Waals surface area contributed by atoms with Crippen molar-refractivity contribution in [2.24, 2.45) is 0 Å². The third-order valence-electron chi connectivity index (χ3n) is 4.68. The first-order valence-corrected chi connectivity index (χ1v) is 9.35. The van der Waals surface area contributed by atoms with Crippen LogP contribution in [0.5, 0.6) is 5.75 Å². The van der Waals surface area contributed by atoms with Crippen LogP contribution in [-0.4, -0.2) is 34.6 Å². The first-order chi connectivity index (χ1) is 14.2. The number of anilines is 1. The van der Waals surface area contributed by atoms with Crippen LogP contribution in [0.2, 0.25) is 0 Å². The van der Waals surface area contributed by atoms with Crippen LogP contribution >= 0.6 is 0 Å². The fraction of sp³-hybridized carbons (Fsp3) is 0.286. The van der Waals surface area contributed by atoms with Crippen LogP contribution in [-0.2, 0) is 6.54 Å². The number of benzene rings is 2. The molecule has 0 radical (unpaired) electrons. The first-order valence-electron chi connectivity index (χ1n) is 9.35. The summed E-state index contributed by atoms with van der Waals surface area (Å²) in [5, 5.41) is 12.9. The van der Waals surface area contributed by atoms with Crippen LogP contribution in [0.1, 0.15) is 29.4 Å². The molecule has 160 valence electrons. The molecule has 1 atom stereocenters. The van der Waals surface area contributed by atoms with Crippen LogP contribution in [0, 0.1) is 0 Å². The highest BCUT2D eigenvalue weighted by Gasteiger charge is 2.31. The molecule has 0 bridgehead atoms. The summed E-state index contributed by atoms with van der Waals surface area (Å²) in [4.78, 5) is 12.8. The van der Waals surface area contributed by atoms with Gasteiger partial charge in [-0.05, 0) is 48.4 Å². The monoisotopic (exact) mass is 421 g/mol. The number of carbonyl (C=O) groups is 1. The normalized spacial score (nSPS) is 12.7. The minimum Gasteiger partial charge on any atom is -0.406 e. The minimum absolute atomic E-state index is 0.140. The average Bonchev–Trinajstić information content (AvgIpc) is 3.02. The third-order valence-corrected chi connectivity index (χ3v) is 4.68. The van der Waals surface area contributed by atoms with E-state index in [1.807, 2.05) is 6.92 Å². The molecule has 0 aliphatic rings. The third kappa shape index (κ3) is 5.04. The molecule has 0 fully saturated rings. The molecule has 1 aromatic heterocycles. The van der Waals surface area contributed by atoms with E-state index in [-0.39, 0.29) is 18.9 Å². The van der Waals surface area contributed by atoms with Crippen molar-refractivity contribution < 1.29 is 27.8 Å². The number of hydrogen-bond acceptors (Lipinski definition) is 4. The van der Waals surface area contributed by atoms with Crippen LogP contribution in [0.15, 0.2) is 48.5 Å². The smallest absolute Gasteiger partial charge is 0.406 e. The molecule has 0 aliphatic heterocycles. The summed E-state index contributed by atoms with van der Waals surface area (Å²) in [5.41, 5.74) is 7.91. The Kier molecular flexibility index (Phi) is 6.21. The predicted molar refractivity (Wildman–Crippen MR) is 107 cm³/mol. The molecule has 6 nitrogen and oxygen atoms in total. The Morgan fingerprint density at radius 1 is 1.23 bits per heavy atom. The van der Waals surface area contributed by atoms with Gasteiger partial charge in [0.05, 0.1) is 12.6 Å². The van der Waals surface area contributed by atoms with Gasteiger partial charge in [-0.25, -0.2) is 0 Å². The fourth-order valence-corrected chi connectivity index (χ4v) is 3.21. The molecule has 3 aromatic rings. The number of amides is 1. The van der Waals surface area contributed by atoms with Gasteiger partial charge < -0.3 is 25.5 Å². The van der Waals surface area contributed by atoms with Crippen molar-refractivity contribution in [3.8, 4) is 5.75 Å². The van der Waals surface area contributed by atoms with Gasteiger partial charge in [-0.15, -0.1) is 13.2 Å². The van der Waals surface area contributed by atoms with Gasteiger partial charge in [0, 0.05) is 23.1 Å². The molecule has 0 saturated heterocycles. The number of aromatic nitrogens is 1. The number of carbonyl (C=O) groups excluding carboxylic acids is 1. The van der Waals surface area contributed by atoms with E-state index in [9.17, 15) is 23.1 Å². The van der Waals surface area contributed by atoms with Crippen LogP contribution in [0.25, 0.3) is 10.9 Å². The number of aliphatic hydroxyl groups is 1. The number of ether oxygens (including phenoxy) is 1. The Hall–Kier alpha value is -3.20. The fourth-order valence-electron chi connectivity index (χ4n) is 3.21. The summed E-state index contributed by atoms with van der Waals surface area (Å²) >= 11 is 0. The maximum atomic E-state index is 12.8. The molecular weight excluding hydrogens is 399 g/mol. The lowest BCUT2D eigenvalue weighted by molar-refractivity contribution is -0.274. The molecule has 4 N–H and O–H groups in total. The number of nitrogens with one attached hydrogen (secondary N) is 1. The zero-order chi connectivity index (χ0) is 21.9. The molecule has 0 saturated carbocycles. The predicted octanol–water partition coefficient (Wildman–Crippen LogP) is 3.67. The van der Waals surface area contributed by atoms with Crippen molar-refractivity contribution in [2.45, 2.75) is 32.3 Å². The van der Waals surface area contributed by atoms with Crippen molar-refractivity contribution in [3.05, 3.63) is 59.8 Å². The molecule has 0 aliphatic carbocycles. The van der Waals surface area contributed by atoms with Gasteiger partial charge >= 0.3 is 6.36 Å². The number of fused-ring (bicyclic) bond motifs is 1. The van der Waals surface area contributed by atoms with Crippen molar-refractivity contribution in [2.75, 3.05) is 12.3 Å². The topological polar surface area (TPSA) is 89.5 Å². The summed E-state index contributed by atoms with van der Waals surface area (Å²) in [7, 11) is 0. The van der Waals surface area contributed by atoms with Gasteiger partial charge in [0.1, 0.15) is 11.4 Å². The maximum Gasteiger partial charge on any atom is 0.573 e. The minimum atomic E-state index is -4.79. The average molecular weight is 421 g/mol. The number of nitrogens with zero attached hydrogens (tertiary/aromatic N) is 1. The van der Waals surface area contributed by atoms with E-state index in [0.717, 1.165) is 5.39 Å². The van der Waals surface area contributed by atoms with E-state index < -0.39 is 18.3 Å². The molecule has 1 heterocycles. The van der Waals surface area contributed by atoms with E-state index in [2.05, 4.69) is 10.1 Å². The van der Waals surface area contributed by atoms with E-state index in [1.54, 1.807) is 34.9 Å². The molecule has 2 aromatic carbocycles.